The predicted molar refractivity (Wildman–Crippen MR) is 74.1 cm³/mol. The molecule has 0 N–H and O–H groups in total. The molecule has 0 spiro atoms. The van der Waals surface area contributed by atoms with Crippen molar-refractivity contribution in [3.05, 3.63) is 0 Å². The molecule has 0 radical (unpaired) electrons. The lowest BCUT2D eigenvalue weighted by molar-refractivity contribution is 1.01. The largest absolute Gasteiger partial charge is 0.165 e. The van der Waals surface area contributed by atoms with Crippen molar-refractivity contribution in [1.29, 1.82) is 0 Å². The Morgan fingerprint density at radius 3 is 1.67 bits per heavy atom. The molecule has 0 saturated carbocycles. The SMILES string of the molecule is CCC(S)(SC(C)S)SC(C)S. The first-order chi connectivity index (χ1) is 5.39. The molecule has 0 rings (SSSR count). The second kappa shape index (κ2) is 6.27. The van der Waals surface area contributed by atoms with Crippen LogP contribution >= 0.6 is 61.4 Å². The van der Waals surface area contributed by atoms with Crippen molar-refractivity contribution in [3.63, 3.8) is 0 Å². The third kappa shape index (κ3) is 6.24. The van der Waals surface area contributed by atoms with E-state index in [2.05, 4.69) is 58.7 Å². The molecule has 74 valence electrons. The van der Waals surface area contributed by atoms with Gasteiger partial charge in [-0.1, -0.05) is 6.92 Å². The van der Waals surface area contributed by atoms with Crippen LogP contribution in [0.15, 0.2) is 0 Å². The van der Waals surface area contributed by atoms with E-state index in [0.29, 0.717) is 9.16 Å². The second-order valence-electron chi connectivity index (χ2n) is 2.50. The van der Waals surface area contributed by atoms with Crippen LogP contribution < -0.4 is 0 Å². The van der Waals surface area contributed by atoms with E-state index >= 15 is 0 Å². The van der Waals surface area contributed by atoms with Crippen molar-refractivity contribution in [2.75, 3.05) is 0 Å². The maximum absolute atomic E-state index is 4.63. The third-order valence-corrected chi connectivity index (χ3v) is 5.31. The van der Waals surface area contributed by atoms with Crippen LogP contribution in [0.3, 0.4) is 0 Å². The van der Waals surface area contributed by atoms with Gasteiger partial charge < -0.3 is 0 Å². The van der Waals surface area contributed by atoms with Crippen LogP contribution in [0.1, 0.15) is 27.2 Å². The zero-order valence-electron chi connectivity index (χ0n) is 7.52. The van der Waals surface area contributed by atoms with Crippen molar-refractivity contribution in [3.8, 4) is 0 Å². The van der Waals surface area contributed by atoms with Gasteiger partial charge in [-0.3, -0.25) is 0 Å². The average molecular weight is 261 g/mol. The summed E-state index contributed by atoms with van der Waals surface area (Å²) < 4.78 is 0.603. The molecule has 0 aromatic carbocycles. The van der Waals surface area contributed by atoms with Gasteiger partial charge in [-0.25, -0.2) is 0 Å². The lowest BCUT2D eigenvalue weighted by Gasteiger charge is -2.28. The van der Waals surface area contributed by atoms with Gasteiger partial charge in [-0.2, -0.15) is 37.9 Å². The van der Waals surface area contributed by atoms with Crippen LogP contribution in [0.5, 0.6) is 0 Å². The summed E-state index contributed by atoms with van der Waals surface area (Å²) in [5.41, 5.74) is 0. The standard InChI is InChI=1S/C7H16S5/c1-4-7(10,11-5(2)8)12-6(3)9/h5-6,8-10H,4H2,1-3H3. The van der Waals surface area contributed by atoms with Crippen LogP contribution in [0, 0.1) is 0 Å². The predicted octanol–water partition coefficient (Wildman–Crippen LogP) is 4.00. The molecule has 0 fully saturated rings. The molecule has 12 heavy (non-hydrogen) atoms. The van der Waals surface area contributed by atoms with Gasteiger partial charge in [0.2, 0.25) is 0 Å². The van der Waals surface area contributed by atoms with Gasteiger partial charge in [0.15, 0.2) is 0 Å². The zero-order valence-corrected chi connectivity index (χ0v) is 11.8. The van der Waals surface area contributed by atoms with E-state index in [1.54, 1.807) is 23.5 Å². The number of thioether (sulfide) groups is 2. The summed E-state index contributed by atoms with van der Waals surface area (Å²) in [6, 6.07) is 0. The zero-order chi connectivity index (χ0) is 9.78. The quantitative estimate of drug-likeness (QED) is 0.505. The Morgan fingerprint density at radius 1 is 1.17 bits per heavy atom. The van der Waals surface area contributed by atoms with Crippen molar-refractivity contribution in [2.45, 2.75) is 39.8 Å². The summed E-state index contributed by atoms with van der Waals surface area (Å²) in [4.78, 5) is 0. The van der Waals surface area contributed by atoms with E-state index < -0.39 is 0 Å². The van der Waals surface area contributed by atoms with E-state index in [1.807, 2.05) is 0 Å². The average Bonchev–Trinajstić information content (AvgIpc) is 1.83. The highest BCUT2D eigenvalue weighted by Crippen LogP contribution is 2.48. The number of rotatable bonds is 5. The molecule has 0 heterocycles. The molecular formula is C7H16S5. The minimum absolute atomic E-state index is 0.0394. The highest BCUT2D eigenvalue weighted by Gasteiger charge is 2.27. The van der Waals surface area contributed by atoms with E-state index in [1.165, 1.54) is 0 Å². The number of hydrogen-bond donors (Lipinski definition) is 3. The van der Waals surface area contributed by atoms with Crippen LogP contribution in [0.2, 0.25) is 0 Å². The van der Waals surface area contributed by atoms with Gasteiger partial charge in [-0.05, 0) is 20.3 Å². The number of hydrogen-bond acceptors (Lipinski definition) is 5. The smallest absolute Gasteiger partial charge is 0.106 e. The Labute approximate surface area is 101 Å². The molecule has 5 heteroatoms. The highest BCUT2D eigenvalue weighted by molar-refractivity contribution is 8.33. The van der Waals surface area contributed by atoms with E-state index in [-0.39, 0.29) is 3.41 Å². The first-order valence-electron chi connectivity index (χ1n) is 3.84. The lowest BCUT2D eigenvalue weighted by Crippen LogP contribution is -2.14. The van der Waals surface area contributed by atoms with E-state index in [0.717, 1.165) is 6.42 Å². The molecule has 2 unspecified atom stereocenters. The maximum Gasteiger partial charge on any atom is 0.106 e. The molecule has 0 aliphatic carbocycles. The van der Waals surface area contributed by atoms with Crippen molar-refractivity contribution in [1.82, 2.24) is 0 Å². The molecule has 0 aliphatic heterocycles. The Kier molecular flexibility index (Phi) is 7.19. The summed E-state index contributed by atoms with van der Waals surface area (Å²) in [5, 5.41) is 0. The number of thiol groups is 3. The lowest BCUT2D eigenvalue weighted by atomic mass is 10.6. The Balaban J connectivity index is 4.04. The van der Waals surface area contributed by atoms with Crippen LogP contribution in [-0.2, 0) is 0 Å². The Morgan fingerprint density at radius 2 is 1.50 bits per heavy atom. The van der Waals surface area contributed by atoms with Gasteiger partial charge in [0.1, 0.15) is 3.41 Å². The molecule has 2 atom stereocenters. The van der Waals surface area contributed by atoms with Gasteiger partial charge in [0.05, 0.1) is 0 Å². The fourth-order valence-corrected chi connectivity index (χ4v) is 6.17. The Hall–Kier alpha value is 1.75. The van der Waals surface area contributed by atoms with Gasteiger partial charge in [-0.15, -0.1) is 23.5 Å². The fraction of sp³-hybridized carbons (Fsp3) is 1.00. The van der Waals surface area contributed by atoms with Crippen LogP contribution in [0.4, 0.5) is 0 Å². The highest BCUT2D eigenvalue weighted by atomic mass is 32.3. The van der Waals surface area contributed by atoms with Gasteiger partial charge in [0, 0.05) is 9.16 Å². The topological polar surface area (TPSA) is 0 Å². The van der Waals surface area contributed by atoms with Crippen LogP contribution in [-0.4, -0.2) is 12.6 Å². The summed E-state index contributed by atoms with van der Waals surface area (Å²) in [5.74, 6) is 0. The van der Waals surface area contributed by atoms with E-state index in [4.69, 9.17) is 0 Å². The first-order valence-corrected chi connectivity index (χ1v) is 7.07. The molecule has 0 amide bonds. The molecule has 0 aliphatic rings. The third-order valence-electron chi connectivity index (χ3n) is 1.16. The molecular weight excluding hydrogens is 244 g/mol. The minimum Gasteiger partial charge on any atom is -0.165 e. The molecule has 0 nitrogen and oxygen atoms in total. The minimum atomic E-state index is -0.0394. The van der Waals surface area contributed by atoms with E-state index in [9.17, 15) is 0 Å². The first kappa shape index (κ1) is 13.8. The molecule has 0 aromatic rings. The van der Waals surface area contributed by atoms with Crippen molar-refractivity contribution in [2.24, 2.45) is 0 Å². The fourth-order valence-electron chi connectivity index (χ4n) is 0.727. The van der Waals surface area contributed by atoms with Crippen molar-refractivity contribution < 1.29 is 0 Å². The second-order valence-corrected chi connectivity index (χ2v) is 9.65. The summed E-state index contributed by atoms with van der Waals surface area (Å²) in [6.45, 7) is 6.27. The maximum atomic E-state index is 4.63. The Bertz CT molecular complexity index is 113. The summed E-state index contributed by atoms with van der Waals surface area (Å²) in [7, 11) is 0. The van der Waals surface area contributed by atoms with Crippen LogP contribution in [0.25, 0.3) is 0 Å². The molecule has 0 saturated heterocycles. The van der Waals surface area contributed by atoms with Crippen molar-refractivity contribution >= 4 is 61.4 Å². The van der Waals surface area contributed by atoms with Gasteiger partial charge >= 0.3 is 0 Å². The molecule has 0 aromatic heterocycles. The molecule has 0 bridgehead atoms. The summed E-state index contributed by atoms with van der Waals surface area (Å²) >= 11 is 16.9. The van der Waals surface area contributed by atoms with Gasteiger partial charge in [0.25, 0.3) is 0 Å². The monoisotopic (exact) mass is 260 g/mol. The summed E-state index contributed by atoms with van der Waals surface area (Å²) in [6.07, 6.45) is 1.02. The normalized spacial score (nSPS) is 21.5.